The summed E-state index contributed by atoms with van der Waals surface area (Å²) in [6, 6.07) is 10.9. The first kappa shape index (κ1) is 18.8. The monoisotopic (exact) mass is 398 g/mol. The summed E-state index contributed by atoms with van der Waals surface area (Å²) in [5.74, 6) is 0.853. The molecule has 0 aliphatic carbocycles. The van der Waals surface area contributed by atoms with E-state index in [1.54, 1.807) is 24.5 Å². The Morgan fingerprint density at radius 1 is 1.21 bits per heavy atom. The Morgan fingerprint density at radius 2 is 2.04 bits per heavy atom. The van der Waals surface area contributed by atoms with Crippen molar-refractivity contribution in [1.82, 2.24) is 19.9 Å². The van der Waals surface area contributed by atoms with Crippen molar-refractivity contribution in [3.05, 3.63) is 66.4 Å². The van der Waals surface area contributed by atoms with Crippen LogP contribution in [-0.2, 0) is 21.1 Å². The van der Waals surface area contributed by atoms with Gasteiger partial charge in [0.1, 0.15) is 5.82 Å². The normalized spacial score (nSPS) is 18.2. The van der Waals surface area contributed by atoms with Crippen molar-refractivity contribution in [2.45, 2.75) is 17.5 Å². The van der Waals surface area contributed by atoms with Gasteiger partial charge in [0, 0.05) is 37.3 Å². The summed E-state index contributed by atoms with van der Waals surface area (Å²) in [5, 5.41) is 0. The van der Waals surface area contributed by atoms with Crippen LogP contribution in [0.1, 0.15) is 17.4 Å². The van der Waals surface area contributed by atoms with E-state index in [9.17, 15) is 8.42 Å². The SMILES string of the molecule is CS(=O)(=O)c1ccc(CN2CCOCC2c2ncc(-c3cccnc3)[nH]2)cc1. The van der Waals surface area contributed by atoms with E-state index in [1.807, 2.05) is 30.5 Å². The quantitative estimate of drug-likeness (QED) is 0.710. The topological polar surface area (TPSA) is 88.2 Å². The molecule has 3 aromatic rings. The van der Waals surface area contributed by atoms with Gasteiger partial charge in [-0.3, -0.25) is 9.88 Å². The molecule has 28 heavy (non-hydrogen) atoms. The summed E-state index contributed by atoms with van der Waals surface area (Å²) in [6.07, 6.45) is 6.58. The number of benzene rings is 1. The maximum atomic E-state index is 11.6. The number of ether oxygens (including phenoxy) is 1. The molecule has 1 fully saturated rings. The molecule has 0 amide bonds. The van der Waals surface area contributed by atoms with Crippen LogP contribution in [-0.4, -0.2) is 54.3 Å². The largest absolute Gasteiger partial charge is 0.378 e. The number of aromatic amines is 1. The van der Waals surface area contributed by atoms with Crippen LogP contribution in [0.25, 0.3) is 11.3 Å². The molecule has 1 saturated heterocycles. The molecule has 1 aliphatic rings. The van der Waals surface area contributed by atoms with Gasteiger partial charge in [0.15, 0.2) is 9.84 Å². The number of pyridine rings is 1. The van der Waals surface area contributed by atoms with E-state index in [4.69, 9.17) is 4.74 Å². The first-order chi connectivity index (χ1) is 13.5. The van der Waals surface area contributed by atoms with Crippen molar-refractivity contribution in [3.8, 4) is 11.3 Å². The average molecular weight is 398 g/mol. The third-order valence-corrected chi connectivity index (χ3v) is 5.99. The summed E-state index contributed by atoms with van der Waals surface area (Å²) in [5.41, 5.74) is 2.96. The van der Waals surface area contributed by atoms with Gasteiger partial charge in [-0.15, -0.1) is 0 Å². The van der Waals surface area contributed by atoms with Gasteiger partial charge in [0.2, 0.25) is 0 Å². The first-order valence-electron chi connectivity index (χ1n) is 9.07. The molecule has 2 aromatic heterocycles. The van der Waals surface area contributed by atoms with Gasteiger partial charge < -0.3 is 9.72 Å². The van der Waals surface area contributed by atoms with Crippen LogP contribution in [0.3, 0.4) is 0 Å². The Labute approximate surface area is 164 Å². The lowest BCUT2D eigenvalue weighted by Crippen LogP contribution is -2.39. The van der Waals surface area contributed by atoms with Crippen LogP contribution in [0, 0.1) is 0 Å². The molecule has 0 bridgehead atoms. The Balaban J connectivity index is 1.53. The summed E-state index contributed by atoms with van der Waals surface area (Å²) in [6.45, 7) is 2.69. The molecule has 7 nitrogen and oxygen atoms in total. The maximum absolute atomic E-state index is 11.6. The highest BCUT2D eigenvalue weighted by Crippen LogP contribution is 2.26. The molecular weight excluding hydrogens is 376 g/mol. The fraction of sp³-hybridized carbons (Fsp3) is 0.300. The van der Waals surface area contributed by atoms with Gasteiger partial charge in [-0.05, 0) is 29.8 Å². The second-order valence-electron chi connectivity index (χ2n) is 6.90. The number of H-pyrrole nitrogens is 1. The summed E-state index contributed by atoms with van der Waals surface area (Å²) in [4.78, 5) is 14.7. The summed E-state index contributed by atoms with van der Waals surface area (Å²) in [7, 11) is -3.18. The molecule has 1 N–H and O–H groups in total. The van der Waals surface area contributed by atoms with E-state index in [1.165, 1.54) is 6.26 Å². The molecule has 1 aliphatic heterocycles. The van der Waals surface area contributed by atoms with Crippen LogP contribution in [0.4, 0.5) is 0 Å². The molecule has 0 saturated carbocycles. The highest BCUT2D eigenvalue weighted by Gasteiger charge is 2.27. The van der Waals surface area contributed by atoms with E-state index in [-0.39, 0.29) is 6.04 Å². The van der Waals surface area contributed by atoms with Crippen molar-refractivity contribution in [2.24, 2.45) is 0 Å². The molecule has 0 spiro atoms. The molecule has 0 radical (unpaired) electrons. The van der Waals surface area contributed by atoms with Crippen molar-refractivity contribution < 1.29 is 13.2 Å². The zero-order valence-corrected chi connectivity index (χ0v) is 16.4. The van der Waals surface area contributed by atoms with Crippen molar-refractivity contribution in [3.63, 3.8) is 0 Å². The molecule has 146 valence electrons. The number of morpholine rings is 1. The second-order valence-corrected chi connectivity index (χ2v) is 8.92. The molecule has 1 aromatic carbocycles. The Kier molecular flexibility index (Phi) is 5.25. The number of imidazole rings is 1. The number of hydrogen-bond donors (Lipinski definition) is 1. The van der Waals surface area contributed by atoms with Gasteiger partial charge in [-0.25, -0.2) is 13.4 Å². The van der Waals surface area contributed by atoms with Gasteiger partial charge in [0.05, 0.1) is 36.0 Å². The maximum Gasteiger partial charge on any atom is 0.175 e. The minimum Gasteiger partial charge on any atom is -0.378 e. The molecular formula is C20H22N4O3S. The van der Waals surface area contributed by atoms with Gasteiger partial charge in [-0.2, -0.15) is 0 Å². The lowest BCUT2D eigenvalue weighted by atomic mass is 10.1. The highest BCUT2D eigenvalue weighted by molar-refractivity contribution is 7.90. The first-order valence-corrected chi connectivity index (χ1v) is 11.0. The Bertz CT molecular complexity index is 1030. The lowest BCUT2D eigenvalue weighted by molar-refractivity contribution is -0.0156. The third-order valence-electron chi connectivity index (χ3n) is 4.86. The van der Waals surface area contributed by atoms with E-state index < -0.39 is 9.84 Å². The number of hydrogen-bond acceptors (Lipinski definition) is 6. The van der Waals surface area contributed by atoms with E-state index in [0.717, 1.165) is 29.2 Å². The second kappa shape index (κ2) is 7.83. The zero-order chi connectivity index (χ0) is 19.6. The minimum absolute atomic E-state index is 0.00811. The smallest absolute Gasteiger partial charge is 0.175 e. The van der Waals surface area contributed by atoms with Crippen molar-refractivity contribution >= 4 is 9.84 Å². The van der Waals surface area contributed by atoms with Crippen molar-refractivity contribution in [2.75, 3.05) is 26.0 Å². The lowest BCUT2D eigenvalue weighted by Gasteiger charge is -2.34. The van der Waals surface area contributed by atoms with Crippen LogP contribution in [0.15, 0.2) is 59.9 Å². The summed E-state index contributed by atoms with van der Waals surface area (Å²) >= 11 is 0. The van der Waals surface area contributed by atoms with E-state index >= 15 is 0 Å². The molecule has 1 unspecified atom stereocenters. The predicted octanol–water partition coefficient (Wildman–Crippen LogP) is 2.45. The van der Waals surface area contributed by atoms with Crippen LogP contribution < -0.4 is 0 Å². The third kappa shape index (κ3) is 4.14. The van der Waals surface area contributed by atoms with Crippen LogP contribution in [0.2, 0.25) is 0 Å². The average Bonchev–Trinajstić information content (AvgIpc) is 3.19. The summed E-state index contributed by atoms with van der Waals surface area (Å²) < 4.78 is 29.0. The number of sulfone groups is 1. The number of aromatic nitrogens is 3. The molecule has 8 heteroatoms. The fourth-order valence-electron chi connectivity index (χ4n) is 3.33. The molecule has 3 heterocycles. The minimum atomic E-state index is -3.18. The van der Waals surface area contributed by atoms with Crippen LogP contribution >= 0.6 is 0 Å². The van der Waals surface area contributed by atoms with Crippen molar-refractivity contribution in [1.29, 1.82) is 0 Å². The number of rotatable bonds is 5. The fourth-order valence-corrected chi connectivity index (χ4v) is 3.96. The van der Waals surface area contributed by atoms with Gasteiger partial charge in [-0.1, -0.05) is 12.1 Å². The number of nitrogens with zero attached hydrogens (tertiary/aromatic N) is 3. The van der Waals surface area contributed by atoms with Crippen LogP contribution in [0.5, 0.6) is 0 Å². The highest BCUT2D eigenvalue weighted by atomic mass is 32.2. The van der Waals surface area contributed by atoms with E-state index in [2.05, 4.69) is 19.9 Å². The standard InChI is InChI=1S/C20H22N4O3S/c1-28(25,26)17-6-4-15(5-7-17)13-24-9-10-27-14-19(24)20-22-12-18(23-20)16-3-2-8-21-11-16/h2-8,11-12,19H,9-10,13-14H2,1H3,(H,22,23). The molecule has 4 rings (SSSR count). The number of nitrogens with one attached hydrogen (secondary N) is 1. The molecule has 1 atom stereocenters. The predicted molar refractivity (Wildman–Crippen MR) is 105 cm³/mol. The van der Waals surface area contributed by atoms with Gasteiger partial charge in [0.25, 0.3) is 0 Å². The Morgan fingerprint density at radius 3 is 2.75 bits per heavy atom. The Hall–Kier alpha value is -2.55. The van der Waals surface area contributed by atoms with Gasteiger partial charge >= 0.3 is 0 Å². The zero-order valence-electron chi connectivity index (χ0n) is 15.6. The van der Waals surface area contributed by atoms with E-state index in [0.29, 0.717) is 24.7 Å².